The van der Waals surface area contributed by atoms with Gasteiger partial charge in [-0.15, -0.1) is 0 Å². The van der Waals surface area contributed by atoms with Crippen molar-refractivity contribution in [3.05, 3.63) is 46.8 Å². The van der Waals surface area contributed by atoms with Crippen molar-refractivity contribution < 1.29 is 23.6 Å². The van der Waals surface area contributed by atoms with Crippen LogP contribution in [0.2, 0.25) is 0 Å². The molecule has 0 unspecified atom stereocenters. The third-order valence-electron chi connectivity index (χ3n) is 5.71. The molecule has 2 aromatic rings. The standard InChI is InChI=1S/C23H30N2O5/c1-14-8-6-9-15(2)25(14)22(26)18(5)29-23(27)19-10-7-11-20(12-19)28-13-21-16(3)24-30-17(21)4/h7,10-12,14-15,18H,6,8-9,13H2,1-5H3/t14-,15-,18-/m0/s1. The second kappa shape index (κ2) is 9.32. The molecule has 0 radical (unpaired) electrons. The molecule has 2 heterocycles. The van der Waals surface area contributed by atoms with Gasteiger partial charge in [0.15, 0.2) is 6.10 Å². The first-order valence-electron chi connectivity index (χ1n) is 10.5. The summed E-state index contributed by atoms with van der Waals surface area (Å²) in [7, 11) is 0. The van der Waals surface area contributed by atoms with Crippen LogP contribution in [0, 0.1) is 13.8 Å². The molecule has 1 aliphatic heterocycles. The van der Waals surface area contributed by atoms with Crippen molar-refractivity contribution in [2.75, 3.05) is 0 Å². The Morgan fingerprint density at radius 3 is 2.57 bits per heavy atom. The molecule has 162 valence electrons. The molecule has 1 fully saturated rings. The zero-order valence-electron chi connectivity index (χ0n) is 18.3. The van der Waals surface area contributed by atoms with E-state index in [-0.39, 0.29) is 18.0 Å². The lowest BCUT2D eigenvalue weighted by atomic mass is 9.97. The largest absolute Gasteiger partial charge is 0.489 e. The molecule has 0 N–H and O–H groups in total. The third kappa shape index (κ3) is 4.83. The molecule has 3 rings (SSSR count). The summed E-state index contributed by atoms with van der Waals surface area (Å²) in [5.74, 6) is 0.545. The molecule has 0 bridgehead atoms. The van der Waals surface area contributed by atoms with Crippen molar-refractivity contribution in [2.45, 2.75) is 78.7 Å². The van der Waals surface area contributed by atoms with Gasteiger partial charge in [0, 0.05) is 12.1 Å². The van der Waals surface area contributed by atoms with E-state index in [9.17, 15) is 9.59 Å². The number of carbonyl (C=O) groups is 2. The van der Waals surface area contributed by atoms with E-state index in [1.807, 2.05) is 32.6 Å². The highest BCUT2D eigenvalue weighted by molar-refractivity contribution is 5.92. The Morgan fingerprint density at radius 1 is 1.23 bits per heavy atom. The summed E-state index contributed by atoms with van der Waals surface area (Å²) in [5, 5.41) is 3.91. The summed E-state index contributed by atoms with van der Waals surface area (Å²) in [4.78, 5) is 27.3. The van der Waals surface area contributed by atoms with Crippen LogP contribution in [0.3, 0.4) is 0 Å². The van der Waals surface area contributed by atoms with E-state index in [0.717, 1.165) is 30.5 Å². The van der Waals surface area contributed by atoms with Gasteiger partial charge in [0.1, 0.15) is 18.1 Å². The fourth-order valence-corrected chi connectivity index (χ4v) is 3.92. The van der Waals surface area contributed by atoms with Crippen molar-refractivity contribution in [3.63, 3.8) is 0 Å². The summed E-state index contributed by atoms with van der Waals surface area (Å²) in [6, 6.07) is 7.06. The maximum atomic E-state index is 12.9. The number of piperidine rings is 1. The molecule has 30 heavy (non-hydrogen) atoms. The number of aryl methyl sites for hydroxylation is 2. The number of hydrogen-bond acceptors (Lipinski definition) is 6. The smallest absolute Gasteiger partial charge is 0.339 e. The average Bonchev–Trinajstić information content (AvgIpc) is 3.03. The lowest BCUT2D eigenvalue weighted by Gasteiger charge is -2.40. The van der Waals surface area contributed by atoms with Gasteiger partial charge in [0.2, 0.25) is 0 Å². The minimum absolute atomic E-state index is 0.145. The van der Waals surface area contributed by atoms with Crippen LogP contribution >= 0.6 is 0 Å². The van der Waals surface area contributed by atoms with Gasteiger partial charge in [-0.05, 0) is 72.1 Å². The number of amides is 1. The van der Waals surface area contributed by atoms with Gasteiger partial charge in [0.05, 0.1) is 16.8 Å². The molecule has 3 atom stereocenters. The minimum Gasteiger partial charge on any atom is -0.489 e. The highest BCUT2D eigenvalue weighted by atomic mass is 16.5. The van der Waals surface area contributed by atoms with Gasteiger partial charge in [0.25, 0.3) is 5.91 Å². The van der Waals surface area contributed by atoms with Crippen molar-refractivity contribution in [3.8, 4) is 5.75 Å². The maximum absolute atomic E-state index is 12.9. The molecule has 1 aromatic heterocycles. The van der Waals surface area contributed by atoms with Gasteiger partial charge in [-0.3, -0.25) is 4.79 Å². The number of rotatable bonds is 6. The first-order valence-corrected chi connectivity index (χ1v) is 10.5. The quantitative estimate of drug-likeness (QED) is 0.659. The van der Waals surface area contributed by atoms with E-state index >= 15 is 0 Å². The number of nitrogens with zero attached hydrogens (tertiary/aromatic N) is 2. The highest BCUT2D eigenvalue weighted by Gasteiger charge is 2.33. The Morgan fingerprint density at radius 2 is 1.93 bits per heavy atom. The van der Waals surface area contributed by atoms with Gasteiger partial charge < -0.3 is 18.9 Å². The van der Waals surface area contributed by atoms with E-state index in [2.05, 4.69) is 5.16 Å². The zero-order valence-corrected chi connectivity index (χ0v) is 18.3. The molecule has 1 saturated heterocycles. The Labute approximate surface area is 177 Å². The predicted molar refractivity (Wildman–Crippen MR) is 111 cm³/mol. The molecule has 1 aliphatic rings. The number of aromatic nitrogens is 1. The van der Waals surface area contributed by atoms with Gasteiger partial charge in [-0.2, -0.15) is 0 Å². The fraction of sp³-hybridized carbons (Fsp3) is 0.522. The number of hydrogen-bond donors (Lipinski definition) is 0. The van der Waals surface area contributed by atoms with E-state index < -0.39 is 12.1 Å². The summed E-state index contributed by atoms with van der Waals surface area (Å²) in [6.45, 7) is 9.69. The minimum atomic E-state index is -0.840. The van der Waals surface area contributed by atoms with Crippen LogP contribution in [0.4, 0.5) is 0 Å². The molecule has 1 amide bonds. The Hall–Kier alpha value is -2.83. The van der Waals surface area contributed by atoms with Crippen LogP contribution in [0.1, 0.15) is 67.4 Å². The Kier molecular flexibility index (Phi) is 6.80. The Bertz CT molecular complexity index is 877. The van der Waals surface area contributed by atoms with Crippen LogP contribution < -0.4 is 4.74 Å². The van der Waals surface area contributed by atoms with Crippen molar-refractivity contribution in [1.29, 1.82) is 0 Å². The van der Waals surface area contributed by atoms with Gasteiger partial charge >= 0.3 is 5.97 Å². The maximum Gasteiger partial charge on any atom is 0.339 e. The van der Waals surface area contributed by atoms with Crippen molar-refractivity contribution >= 4 is 11.9 Å². The van der Waals surface area contributed by atoms with Crippen LogP contribution in [0.15, 0.2) is 28.8 Å². The number of likely N-dealkylation sites (tertiary alicyclic amines) is 1. The lowest BCUT2D eigenvalue weighted by molar-refractivity contribution is -0.146. The molecule has 0 saturated carbocycles. The molecule has 1 aromatic carbocycles. The van der Waals surface area contributed by atoms with Crippen LogP contribution in [0.25, 0.3) is 0 Å². The molecule has 7 heteroatoms. The Balaban J connectivity index is 1.62. The molecule has 0 aliphatic carbocycles. The first kappa shape index (κ1) is 21.9. The van der Waals surface area contributed by atoms with Crippen molar-refractivity contribution in [1.82, 2.24) is 10.1 Å². The number of carbonyl (C=O) groups excluding carboxylic acids is 2. The SMILES string of the molecule is Cc1noc(C)c1COc1cccc(C(=O)O[C@@H](C)C(=O)N2[C@@H](C)CCC[C@@H]2C)c1. The second-order valence-electron chi connectivity index (χ2n) is 8.04. The van der Waals surface area contributed by atoms with E-state index in [0.29, 0.717) is 23.7 Å². The fourth-order valence-electron chi connectivity index (χ4n) is 3.92. The van der Waals surface area contributed by atoms with E-state index in [1.54, 1.807) is 31.2 Å². The number of ether oxygens (including phenoxy) is 2. The molecular weight excluding hydrogens is 384 g/mol. The summed E-state index contributed by atoms with van der Waals surface area (Å²) in [5.41, 5.74) is 1.99. The number of benzene rings is 1. The monoisotopic (exact) mass is 414 g/mol. The van der Waals surface area contributed by atoms with Gasteiger partial charge in [-0.25, -0.2) is 4.79 Å². The highest BCUT2D eigenvalue weighted by Crippen LogP contribution is 2.24. The van der Waals surface area contributed by atoms with E-state index in [1.165, 1.54) is 0 Å². The third-order valence-corrected chi connectivity index (χ3v) is 5.71. The van der Waals surface area contributed by atoms with Gasteiger partial charge in [-0.1, -0.05) is 11.2 Å². The molecule has 7 nitrogen and oxygen atoms in total. The first-order chi connectivity index (χ1) is 14.3. The summed E-state index contributed by atoms with van der Waals surface area (Å²) in [6.07, 6.45) is 2.22. The lowest BCUT2D eigenvalue weighted by Crippen LogP contribution is -2.51. The second-order valence-corrected chi connectivity index (χ2v) is 8.04. The van der Waals surface area contributed by atoms with Crippen LogP contribution in [-0.2, 0) is 16.1 Å². The van der Waals surface area contributed by atoms with Crippen LogP contribution in [0.5, 0.6) is 5.75 Å². The average molecular weight is 415 g/mol. The summed E-state index contributed by atoms with van der Waals surface area (Å²) < 4.78 is 16.4. The predicted octanol–water partition coefficient (Wildman–Crippen LogP) is 4.21. The van der Waals surface area contributed by atoms with E-state index in [4.69, 9.17) is 14.0 Å². The van der Waals surface area contributed by atoms with Crippen LogP contribution in [-0.4, -0.2) is 40.1 Å². The molecular formula is C23H30N2O5. The summed E-state index contributed by atoms with van der Waals surface area (Å²) >= 11 is 0. The molecule has 0 spiro atoms. The topological polar surface area (TPSA) is 81.9 Å². The normalized spacial score (nSPS) is 20.0. The zero-order chi connectivity index (χ0) is 21.8. The number of esters is 1. The van der Waals surface area contributed by atoms with Crippen molar-refractivity contribution in [2.24, 2.45) is 0 Å².